The average molecular weight is 172 g/mol. The summed E-state index contributed by atoms with van der Waals surface area (Å²) in [5, 5.41) is 8.92. The van der Waals surface area contributed by atoms with Gasteiger partial charge in [-0.25, -0.2) is 4.79 Å². The number of esters is 1. The summed E-state index contributed by atoms with van der Waals surface area (Å²) in [4.78, 5) is 10.8. The second-order valence-electron chi connectivity index (χ2n) is 2.65. The summed E-state index contributed by atoms with van der Waals surface area (Å²) in [5.74, 6) is -1.67. The van der Waals surface area contributed by atoms with Gasteiger partial charge in [0.25, 0.3) is 0 Å². The van der Waals surface area contributed by atoms with Crippen LogP contribution in [0.15, 0.2) is 12.7 Å². The van der Waals surface area contributed by atoms with Gasteiger partial charge in [0, 0.05) is 12.5 Å². The number of carbonyl (C=O) groups is 1. The smallest absolute Gasteiger partial charge is 0.332 e. The number of rotatable bonds is 3. The number of ether oxygens (including phenoxy) is 2. The van der Waals surface area contributed by atoms with Crippen LogP contribution in [0.1, 0.15) is 12.8 Å². The van der Waals surface area contributed by atoms with E-state index in [4.69, 9.17) is 14.6 Å². The number of hydrogen-bond acceptors (Lipinski definition) is 4. The Balaban J connectivity index is 2.54. The Morgan fingerprint density at radius 2 is 2.58 bits per heavy atom. The highest BCUT2D eigenvalue weighted by Crippen LogP contribution is 2.26. The van der Waals surface area contributed by atoms with Crippen molar-refractivity contribution in [3.8, 4) is 0 Å². The molecule has 1 saturated heterocycles. The van der Waals surface area contributed by atoms with Crippen LogP contribution in [0.2, 0.25) is 0 Å². The first-order valence-electron chi connectivity index (χ1n) is 3.83. The molecular weight excluding hydrogens is 160 g/mol. The monoisotopic (exact) mass is 172 g/mol. The van der Waals surface area contributed by atoms with Crippen LogP contribution in [0.3, 0.4) is 0 Å². The maximum atomic E-state index is 10.8. The lowest BCUT2D eigenvalue weighted by Gasteiger charge is -2.24. The van der Waals surface area contributed by atoms with Crippen LogP contribution in [0.5, 0.6) is 0 Å². The third-order valence-corrected chi connectivity index (χ3v) is 1.76. The number of carbonyl (C=O) groups excluding carboxylic acids is 1. The van der Waals surface area contributed by atoms with Crippen molar-refractivity contribution in [2.45, 2.75) is 18.6 Å². The molecule has 0 aromatic heterocycles. The van der Waals surface area contributed by atoms with E-state index in [9.17, 15) is 4.79 Å². The zero-order valence-electron chi connectivity index (χ0n) is 6.78. The van der Waals surface area contributed by atoms with E-state index >= 15 is 0 Å². The van der Waals surface area contributed by atoms with Crippen LogP contribution < -0.4 is 0 Å². The SMILES string of the molecule is C=CC(=O)OC1(CO)CCCO1. The maximum Gasteiger partial charge on any atom is 0.332 e. The summed E-state index contributed by atoms with van der Waals surface area (Å²) in [6.07, 6.45) is 2.40. The van der Waals surface area contributed by atoms with E-state index in [1.165, 1.54) is 0 Å². The Kier molecular flexibility index (Phi) is 2.83. The molecule has 1 N–H and O–H groups in total. The van der Waals surface area contributed by atoms with E-state index in [0.29, 0.717) is 13.0 Å². The van der Waals surface area contributed by atoms with Gasteiger partial charge < -0.3 is 14.6 Å². The minimum atomic E-state index is -1.11. The molecule has 0 aliphatic carbocycles. The fraction of sp³-hybridized carbons (Fsp3) is 0.625. The molecule has 0 spiro atoms. The summed E-state index contributed by atoms with van der Waals surface area (Å²) >= 11 is 0. The first-order valence-corrected chi connectivity index (χ1v) is 3.83. The van der Waals surface area contributed by atoms with Crippen molar-refractivity contribution in [1.82, 2.24) is 0 Å². The van der Waals surface area contributed by atoms with Gasteiger partial charge in [0.2, 0.25) is 5.79 Å². The van der Waals surface area contributed by atoms with Crippen LogP contribution in [0.4, 0.5) is 0 Å². The molecule has 0 radical (unpaired) electrons. The molecule has 68 valence electrons. The molecule has 1 atom stereocenters. The molecule has 1 aliphatic rings. The van der Waals surface area contributed by atoms with E-state index in [1.807, 2.05) is 0 Å². The quantitative estimate of drug-likeness (QED) is 0.488. The van der Waals surface area contributed by atoms with Crippen molar-refractivity contribution in [2.24, 2.45) is 0 Å². The molecule has 1 rings (SSSR count). The van der Waals surface area contributed by atoms with Crippen molar-refractivity contribution < 1.29 is 19.4 Å². The van der Waals surface area contributed by atoms with Gasteiger partial charge in [-0.3, -0.25) is 0 Å². The Morgan fingerprint density at radius 1 is 1.83 bits per heavy atom. The van der Waals surface area contributed by atoms with Crippen molar-refractivity contribution in [2.75, 3.05) is 13.2 Å². The predicted octanol–water partition coefficient (Wildman–Crippen LogP) is 0.215. The molecule has 0 amide bonds. The Morgan fingerprint density at radius 3 is 3.00 bits per heavy atom. The Bertz CT molecular complexity index is 181. The first-order chi connectivity index (χ1) is 5.72. The van der Waals surface area contributed by atoms with Crippen LogP contribution >= 0.6 is 0 Å². The molecule has 0 saturated carbocycles. The third kappa shape index (κ3) is 1.84. The van der Waals surface area contributed by atoms with Crippen molar-refractivity contribution in [1.29, 1.82) is 0 Å². The van der Waals surface area contributed by atoms with E-state index in [-0.39, 0.29) is 6.61 Å². The van der Waals surface area contributed by atoms with Crippen LogP contribution in [-0.2, 0) is 14.3 Å². The molecule has 4 heteroatoms. The van der Waals surface area contributed by atoms with Gasteiger partial charge in [0.05, 0.1) is 6.61 Å². The van der Waals surface area contributed by atoms with E-state index in [2.05, 4.69) is 6.58 Å². The lowest BCUT2D eigenvalue weighted by atomic mass is 10.2. The zero-order valence-corrected chi connectivity index (χ0v) is 6.78. The summed E-state index contributed by atoms with van der Waals surface area (Å²) in [6.45, 7) is 3.48. The molecule has 4 nitrogen and oxygen atoms in total. The molecule has 1 aliphatic heterocycles. The maximum absolute atomic E-state index is 10.8. The highest BCUT2D eigenvalue weighted by atomic mass is 16.7. The summed E-state index contributed by atoms with van der Waals surface area (Å²) in [5.41, 5.74) is 0. The lowest BCUT2D eigenvalue weighted by molar-refractivity contribution is -0.222. The van der Waals surface area contributed by atoms with Gasteiger partial charge in [0.1, 0.15) is 6.61 Å². The summed E-state index contributed by atoms with van der Waals surface area (Å²) in [7, 11) is 0. The fourth-order valence-electron chi connectivity index (χ4n) is 1.13. The molecule has 12 heavy (non-hydrogen) atoms. The molecular formula is C8H12O4. The van der Waals surface area contributed by atoms with E-state index in [0.717, 1.165) is 12.5 Å². The minimum absolute atomic E-state index is 0.299. The molecule has 0 aromatic rings. The Hall–Kier alpha value is -0.870. The van der Waals surface area contributed by atoms with E-state index in [1.54, 1.807) is 0 Å². The first kappa shape index (κ1) is 9.22. The van der Waals surface area contributed by atoms with Gasteiger partial charge in [0.15, 0.2) is 0 Å². The highest BCUT2D eigenvalue weighted by Gasteiger charge is 2.38. The van der Waals surface area contributed by atoms with Crippen molar-refractivity contribution >= 4 is 5.97 Å². The fourth-order valence-corrected chi connectivity index (χ4v) is 1.13. The summed E-state index contributed by atoms with van der Waals surface area (Å²) in [6, 6.07) is 0. The normalized spacial score (nSPS) is 28.4. The van der Waals surface area contributed by atoms with Gasteiger partial charge in [-0.2, -0.15) is 0 Å². The summed E-state index contributed by atoms with van der Waals surface area (Å²) < 4.78 is 9.99. The van der Waals surface area contributed by atoms with Crippen LogP contribution in [0.25, 0.3) is 0 Å². The number of aliphatic hydroxyl groups is 1. The van der Waals surface area contributed by atoms with Crippen LogP contribution in [0, 0.1) is 0 Å². The molecule has 1 fully saturated rings. The van der Waals surface area contributed by atoms with Gasteiger partial charge >= 0.3 is 5.97 Å². The van der Waals surface area contributed by atoms with E-state index < -0.39 is 11.8 Å². The van der Waals surface area contributed by atoms with Gasteiger partial charge in [-0.15, -0.1) is 0 Å². The lowest BCUT2D eigenvalue weighted by Crippen LogP contribution is -2.37. The Labute approximate surface area is 70.8 Å². The number of aliphatic hydroxyl groups excluding tert-OH is 1. The molecule has 0 bridgehead atoms. The van der Waals surface area contributed by atoms with Crippen LogP contribution in [-0.4, -0.2) is 30.1 Å². The van der Waals surface area contributed by atoms with Gasteiger partial charge in [-0.05, 0) is 6.42 Å². The topological polar surface area (TPSA) is 55.8 Å². The largest absolute Gasteiger partial charge is 0.427 e. The molecule has 0 aromatic carbocycles. The molecule has 1 unspecified atom stereocenters. The van der Waals surface area contributed by atoms with Gasteiger partial charge in [-0.1, -0.05) is 6.58 Å². The second-order valence-corrected chi connectivity index (χ2v) is 2.65. The van der Waals surface area contributed by atoms with Crippen molar-refractivity contribution in [3.05, 3.63) is 12.7 Å². The highest BCUT2D eigenvalue weighted by molar-refractivity contribution is 5.81. The molecule has 1 heterocycles. The van der Waals surface area contributed by atoms with Crippen molar-refractivity contribution in [3.63, 3.8) is 0 Å². The zero-order chi connectivity index (χ0) is 9.03. The second kappa shape index (κ2) is 3.69. The standard InChI is InChI=1S/C8H12O4/c1-2-7(10)12-8(6-9)4-3-5-11-8/h2,9H,1,3-6H2. The minimum Gasteiger partial charge on any atom is -0.427 e. The third-order valence-electron chi connectivity index (χ3n) is 1.76. The predicted molar refractivity (Wildman–Crippen MR) is 41.3 cm³/mol. The number of hydrogen-bond donors (Lipinski definition) is 1. The average Bonchev–Trinajstić information content (AvgIpc) is 2.54.